The van der Waals surface area contributed by atoms with Gasteiger partial charge in [0.15, 0.2) is 0 Å². The van der Waals surface area contributed by atoms with Crippen molar-refractivity contribution >= 4 is 17.4 Å². The van der Waals surface area contributed by atoms with Crippen molar-refractivity contribution in [3.05, 3.63) is 53.3 Å². The molecule has 0 unspecified atom stereocenters. The van der Waals surface area contributed by atoms with E-state index in [1.807, 2.05) is 31.2 Å². The summed E-state index contributed by atoms with van der Waals surface area (Å²) in [4.78, 5) is 5.19. The molecule has 1 aromatic carbocycles. The summed E-state index contributed by atoms with van der Waals surface area (Å²) >= 11 is 1.68. The Labute approximate surface area is 111 Å². The maximum Gasteiger partial charge on any atom is 0.144 e. The maximum absolute atomic E-state index is 8.96. The van der Waals surface area contributed by atoms with Crippen LogP contribution in [0.2, 0.25) is 0 Å². The number of anilines is 1. The van der Waals surface area contributed by atoms with Crippen LogP contribution in [0.5, 0.6) is 0 Å². The molecule has 0 saturated carbocycles. The lowest BCUT2D eigenvalue weighted by Gasteiger charge is -2.05. The Morgan fingerprint density at radius 1 is 1.39 bits per heavy atom. The van der Waals surface area contributed by atoms with E-state index < -0.39 is 0 Å². The number of hydrogen-bond acceptors (Lipinski definition) is 4. The largest absolute Gasteiger partial charge is 0.399 e. The van der Waals surface area contributed by atoms with Crippen LogP contribution < -0.4 is 5.73 Å². The first-order valence-electron chi connectivity index (χ1n) is 5.53. The third kappa shape index (κ3) is 2.82. The van der Waals surface area contributed by atoms with E-state index in [9.17, 15) is 0 Å². The lowest BCUT2D eigenvalue weighted by Crippen LogP contribution is -1.91. The molecule has 1 heterocycles. The Kier molecular flexibility index (Phi) is 3.85. The van der Waals surface area contributed by atoms with E-state index in [1.54, 1.807) is 18.0 Å². The second-order valence-corrected chi connectivity index (χ2v) is 4.98. The minimum absolute atomic E-state index is 0.497. The van der Waals surface area contributed by atoms with E-state index in [4.69, 9.17) is 11.0 Å². The first kappa shape index (κ1) is 12.5. The van der Waals surface area contributed by atoms with Gasteiger partial charge >= 0.3 is 0 Å². The van der Waals surface area contributed by atoms with Gasteiger partial charge in [0, 0.05) is 22.5 Å². The molecule has 0 atom stereocenters. The van der Waals surface area contributed by atoms with Gasteiger partial charge in [0.2, 0.25) is 0 Å². The van der Waals surface area contributed by atoms with Crippen LogP contribution in [-0.2, 0) is 5.75 Å². The Hall–Kier alpha value is -1.99. The third-order valence-corrected chi connectivity index (χ3v) is 3.68. The molecule has 0 aliphatic rings. The Bertz CT molecular complexity index is 602. The van der Waals surface area contributed by atoms with E-state index in [0.717, 1.165) is 27.5 Å². The molecular formula is C14H13N3S. The fourth-order valence-electron chi connectivity index (χ4n) is 1.55. The number of nitriles is 1. The smallest absolute Gasteiger partial charge is 0.144 e. The second-order valence-electron chi connectivity index (χ2n) is 3.93. The highest BCUT2D eigenvalue weighted by atomic mass is 32.2. The molecule has 0 radical (unpaired) electrons. The zero-order valence-electron chi connectivity index (χ0n) is 10.1. The summed E-state index contributed by atoms with van der Waals surface area (Å²) in [7, 11) is 0. The third-order valence-electron chi connectivity index (χ3n) is 2.63. The summed E-state index contributed by atoms with van der Waals surface area (Å²) < 4.78 is 0. The molecule has 3 nitrogen and oxygen atoms in total. The Morgan fingerprint density at radius 3 is 2.94 bits per heavy atom. The first-order valence-corrected chi connectivity index (χ1v) is 6.52. The van der Waals surface area contributed by atoms with Crippen molar-refractivity contribution in [2.75, 3.05) is 5.73 Å². The highest BCUT2D eigenvalue weighted by Gasteiger charge is 2.04. The first-order chi connectivity index (χ1) is 8.70. The van der Waals surface area contributed by atoms with E-state index in [-0.39, 0.29) is 0 Å². The van der Waals surface area contributed by atoms with Gasteiger partial charge in [0.1, 0.15) is 11.8 Å². The fourth-order valence-corrected chi connectivity index (χ4v) is 2.53. The molecule has 18 heavy (non-hydrogen) atoms. The van der Waals surface area contributed by atoms with Gasteiger partial charge < -0.3 is 5.73 Å². The number of thioether (sulfide) groups is 1. The molecule has 0 fully saturated rings. The minimum atomic E-state index is 0.497. The number of aryl methyl sites for hydroxylation is 1. The number of rotatable bonds is 3. The number of aromatic nitrogens is 1. The van der Waals surface area contributed by atoms with Gasteiger partial charge in [-0.05, 0) is 42.3 Å². The lowest BCUT2D eigenvalue weighted by atomic mass is 10.2. The molecule has 1 aromatic heterocycles. The molecule has 2 aromatic rings. The van der Waals surface area contributed by atoms with Crippen molar-refractivity contribution in [3.8, 4) is 6.07 Å². The molecule has 4 heteroatoms. The molecule has 0 aliphatic heterocycles. The van der Waals surface area contributed by atoms with Crippen molar-refractivity contribution in [1.82, 2.24) is 4.98 Å². The molecule has 90 valence electrons. The number of nitrogens with two attached hydrogens (primary N) is 1. The molecular weight excluding hydrogens is 242 g/mol. The summed E-state index contributed by atoms with van der Waals surface area (Å²) in [6, 6.07) is 11.9. The fraction of sp³-hybridized carbons (Fsp3) is 0.143. The highest BCUT2D eigenvalue weighted by Crippen LogP contribution is 2.26. The number of pyridine rings is 1. The van der Waals surface area contributed by atoms with Crippen LogP contribution in [0.3, 0.4) is 0 Å². The zero-order valence-corrected chi connectivity index (χ0v) is 10.9. The standard InChI is InChI=1S/C14H13N3S/c1-10-7-12(4-5-13(10)16)18-9-11-3-2-6-17-14(11)8-15/h2-7H,9,16H2,1H3. The highest BCUT2D eigenvalue weighted by molar-refractivity contribution is 7.98. The van der Waals surface area contributed by atoms with Gasteiger partial charge in [-0.15, -0.1) is 11.8 Å². The minimum Gasteiger partial charge on any atom is -0.399 e. The number of nitrogen functional groups attached to an aromatic ring is 1. The number of hydrogen-bond donors (Lipinski definition) is 1. The molecule has 2 N–H and O–H groups in total. The van der Waals surface area contributed by atoms with Crippen molar-refractivity contribution < 1.29 is 0 Å². The molecule has 0 bridgehead atoms. The van der Waals surface area contributed by atoms with E-state index in [2.05, 4.69) is 17.1 Å². The van der Waals surface area contributed by atoms with Crippen molar-refractivity contribution in [3.63, 3.8) is 0 Å². The summed E-state index contributed by atoms with van der Waals surface area (Å²) in [5, 5.41) is 8.96. The van der Waals surface area contributed by atoms with Gasteiger partial charge in [-0.25, -0.2) is 4.98 Å². The SMILES string of the molecule is Cc1cc(SCc2cccnc2C#N)ccc1N. The van der Waals surface area contributed by atoms with Crippen LogP contribution in [0.4, 0.5) is 5.69 Å². The quantitative estimate of drug-likeness (QED) is 0.676. The number of benzene rings is 1. The van der Waals surface area contributed by atoms with Crippen LogP contribution in [0.1, 0.15) is 16.8 Å². The maximum atomic E-state index is 8.96. The molecule has 0 aliphatic carbocycles. The molecule has 2 rings (SSSR count). The van der Waals surface area contributed by atoms with Gasteiger partial charge in [-0.3, -0.25) is 0 Å². The van der Waals surface area contributed by atoms with Gasteiger partial charge in [-0.2, -0.15) is 5.26 Å². The molecule has 0 amide bonds. The van der Waals surface area contributed by atoms with Crippen LogP contribution in [0, 0.1) is 18.3 Å². The van der Waals surface area contributed by atoms with Crippen LogP contribution >= 0.6 is 11.8 Å². The van der Waals surface area contributed by atoms with Crippen molar-refractivity contribution in [1.29, 1.82) is 5.26 Å². The van der Waals surface area contributed by atoms with E-state index in [0.29, 0.717) is 5.69 Å². The predicted molar refractivity (Wildman–Crippen MR) is 74.1 cm³/mol. The topological polar surface area (TPSA) is 62.7 Å². The zero-order chi connectivity index (χ0) is 13.0. The molecule has 0 saturated heterocycles. The van der Waals surface area contributed by atoms with Crippen molar-refractivity contribution in [2.45, 2.75) is 17.6 Å². The van der Waals surface area contributed by atoms with Gasteiger partial charge in [0.25, 0.3) is 0 Å². The monoisotopic (exact) mass is 255 g/mol. The summed E-state index contributed by atoms with van der Waals surface area (Å²) in [5.74, 6) is 0.736. The van der Waals surface area contributed by atoms with Crippen LogP contribution in [0.25, 0.3) is 0 Å². The van der Waals surface area contributed by atoms with E-state index >= 15 is 0 Å². The normalized spacial score (nSPS) is 10.0. The summed E-state index contributed by atoms with van der Waals surface area (Å²) in [5.41, 5.74) is 9.11. The lowest BCUT2D eigenvalue weighted by molar-refractivity contribution is 1.19. The van der Waals surface area contributed by atoms with E-state index in [1.165, 1.54) is 0 Å². The number of nitrogens with zero attached hydrogens (tertiary/aromatic N) is 2. The summed E-state index contributed by atoms with van der Waals surface area (Å²) in [6.45, 7) is 1.99. The molecule has 0 spiro atoms. The predicted octanol–water partition coefficient (Wildman–Crippen LogP) is 3.14. The summed E-state index contributed by atoms with van der Waals surface area (Å²) in [6.07, 6.45) is 1.64. The second kappa shape index (κ2) is 5.56. The Morgan fingerprint density at radius 2 is 2.22 bits per heavy atom. The van der Waals surface area contributed by atoms with Crippen molar-refractivity contribution in [2.24, 2.45) is 0 Å². The van der Waals surface area contributed by atoms with Crippen LogP contribution in [-0.4, -0.2) is 4.98 Å². The Balaban J connectivity index is 2.12. The van der Waals surface area contributed by atoms with Gasteiger partial charge in [-0.1, -0.05) is 6.07 Å². The van der Waals surface area contributed by atoms with Gasteiger partial charge in [0.05, 0.1) is 0 Å². The average molecular weight is 255 g/mol. The average Bonchev–Trinajstić information content (AvgIpc) is 2.40. The van der Waals surface area contributed by atoms with Crippen LogP contribution in [0.15, 0.2) is 41.4 Å².